The third-order valence-corrected chi connectivity index (χ3v) is 28.8. The smallest absolute Gasteiger partial charge is 0.231 e. The summed E-state index contributed by atoms with van der Waals surface area (Å²) in [6.45, 7) is 0. The maximum atomic E-state index is 21.4. The van der Waals surface area contributed by atoms with E-state index in [1.165, 1.54) is 0 Å². The van der Waals surface area contributed by atoms with Crippen LogP contribution in [-0.2, 0) is 108 Å². The zero-order chi connectivity index (χ0) is 53.1. The number of benzene rings is 9. The van der Waals surface area contributed by atoms with Crippen molar-refractivity contribution in [1.82, 2.24) is 0 Å². The molecule has 20 heteroatoms. The lowest BCUT2D eigenvalue weighted by Crippen LogP contribution is -2.85. The SMILES string of the molecule is FC12C3=C4c5c1c1c6c7c8c9c%10c%11c%12c%13c%14c(c%15c%12c9c6c5-%15)C4(F)C4(F)C5(F)c6c9c%12c%15c%16c%17c%18c%19c%20c%21c%22c%23c(c(c6c6c%23c%20c%17c%126)C35F)C2(F)C%22(F)C1(F)C7(F)C%21(F)C%19(F)C8(F)C%10(F)C%18(F)C%16(F)C%11(F)C%13(F)C%15(F)C9(F)C%144F. The predicted octanol–water partition coefficient (Wildman–Crippen LogP) is 14.8. The number of hydrogen-bond donors (Lipinski definition) is 0. The summed E-state index contributed by atoms with van der Waals surface area (Å²) >= 11 is 0. The first-order chi connectivity index (χ1) is 37.4. The molecule has 0 amide bonds. The number of rotatable bonds is 0. The molecule has 22 aliphatic rings. The van der Waals surface area contributed by atoms with Crippen LogP contribution >= 0.6 is 0 Å². The summed E-state index contributed by atoms with van der Waals surface area (Å²) in [4.78, 5) is 0. The highest BCUT2D eigenvalue weighted by Gasteiger charge is 3.15. The van der Waals surface area contributed by atoms with Crippen molar-refractivity contribution < 1.29 is 87.8 Å². The van der Waals surface area contributed by atoms with Crippen LogP contribution in [0, 0.1) is 0 Å². The third kappa shape index (κ3) is 1.46. The highest BCUT2D eigenvalue weighted by molar-refractivity contribution is 6.51. The molecule has 0 spiro atoms. The third-order valence-electron chi connectivity index (χ3n) is 28.8. The van der Waals surface area contributed by atoms with E-state index in [4.69, 9.17) is 0 Å². The van der Waals surface area contributed by atoms with E-state index < -0.39 is 333 Å². The highest BCUT2D eigenvalue weighted by atomic mass is 19.2. The summed E-state index contributed by atoms with van der Waals surface area (Å²) in [6.07, 6.45) is 0. The molecule has 0 nitrogen and oxygen atoms in total. The van der Waals surface area contributed by atoms with E-state index in [0.29, 0.717) is 0 Å². The Morgan fingerprint density at radius 2 is 0.388 bits per heavy atom. The maximum Gasteiger partial charge on any atom is 0.236 e. The first-order valence-electron chi connectivity index (χ1n) is 26.3. The van der Waals surface area contributed by atoms with E-state index in [1.54, 1.807) is 0 Å². The van der Waals surface area contributed by atoms with E-state index in [-0.39, 0.29) is 0 Å². The predicted molar refractivity (Wildman–Crippen MR) is 229 cm³/mol. The van der Waals surface area contributed by atoms with Crippen molar-refractivity contribution in [3.63, 3.8) is 0 Å². The molecular formula is C60F20. The summed E-state index contributed by atoms with van der Waals surface area (Å²) in [6, 6.07) is 0. The Balaban J connectivity index is 1.14. The second kappa shape index (κ2) is 6.78. The quantitative estimate of drug-likeness (QED) is 0.105. The topological polar surface area (TPSA) is 0 Å². The van der Waals surface area contributed by atoms with Gasteiger partial charge in [-0.2, -0.15) is 0 Å². The van der Waals surface area contributed by atoms with Crippen LogP contribution in [0.5, 0.6) is 0 Å². The zero-order valence-corrected chi connectivity index (χ0v) is 37.6. The Morgan fingerprint density at radius 3 is 0.775 bits per heavy atom. The minimum atomic E-state index is -5.90. The normalized spacial score (nSPS) is 58.2. The lowest BCUT2D eigenvalue weighted by atomic mass is 9.37. The molecule has 0 saturated carbocycles. The molecule has 0 bridgehead atoms. The molecule has 0 fully saturated rings. The van der Waals surface area contributed by atoms with Gasteiger partial charge in [-0.3, -0.25) is 0 Å². The molecule has 0 aliphatic heterocycles. The summed E-state index contributed by atoms with van der Waals surface area (Å²) in [7, 11) is 0. The van der Waals surface area contributed by atoms with Gasteiger partial charge in [0.15, 0.2) is 0 Å². The van der Waals surface area contributed by atoms with Crippen molar-refractivity contribution in [2.75, 3.05) is 0 Å². The van der Waals surface area contributed by atoms with Crippen LogP contribution in [0.25, 0.3) is 103 Å². The van der Waals surface area contributed by atoms with Gasteiger partial charge < -0.3 is 0 Å². The zero-order valence-electron chi connectivity index (χ0n) is 37.6. The van der Waals surface area contributed by atoms with Crippen LogP contribution in [-0.4, -0.2) is 5.67 Å². The Labute approximate surface area is 419 Å². The van der Waals surface area contributed by atoms with Gasteiger partial charge in [0.25, 0.3) is 0 Å². The molecule has 80 heavy (non-hydrogen) atoms. The lowest BCUT2D eigenvalue weighted by molar-refractivity contribution is -0.392. The molecule has 20 atom stereocenters. The average Bonchev–Trinajstić information content (AvgIpc) is 1.35. The van der Waals surface area contributed by atoms with Crippen molar-refractivity contribution in [3.8, 4) is 11.1 Å². The van der Waals surface area contributed by atoms with Gasteiger partial charge in [0, 0.05) is 117 Å². The number of halogens is 20. The number of allylic oxidation sites excluding steroid dienone is 2. The van der Waals surface area contributed by atoms with Crippen molar-refractivity contribution in [3.05, 3.63) is 117 Å². The van der Waals surface area contributed by atoms with E-state index in [2.05, 4.69) is 0 Å². The van der Waals surface area contributed by atoms with Crippen molar-refractivity contribution in [2.24, 2.45) is 0 Å². The van der Waals surface area contributed by atoms with Gasteiger partial charge in [-0.1, -0.05) is 0 Å². The molecule has 32 rings (SSSR count). The molecular weight excluding hydrogens is 1100 g/mol. The molecule has 10 aromatic rings. The van der Waals surface area contributed by atoms with Gasteiger partial charge in [-0.25, -0.2) is 87.8 Å². The molecule has 0 heterocycles. The summed E-state index contributed by atoms with van der Waals surface area (Å²) in [5.74, 6) is 0. The maximum absolute atomic E-state index is 21.4. The molecule has 10 aromatic carbocycles. The van der Waals surface area contributed by atoms with Crippen LogP contribution in [0.2, 0.25) is 0 Å². The second-order valence-electron chi connectivity index (χ2n) is 28.2. The largest absolute Gasteiger partial charge is 0.236 e. The van der Waals surface area contributed by atoms with Crippen LogP contribution in [0.4, 0.5) is 87.8 Å². The number of alkyl halides is 20. The Morgan fingerprint density at radius 1 is 0.150 bits per heavy atom. The molecule has 22 aliphatic carbocycles. The standard InChI is InChI=1S/C60F20/c61-41-20-10-8-6-7-9(10)19-36-34-18(7)33-28-14(6)24-22-12(8)38(41)40-42(22,62)44(64)23-13-2-1-3-5-4(2)16-29-27(13)46(44,66)47(24,67)48(28,68)49(29,69)50(70)30(16)31-17(5)32-35-15(3)26-25-11(1)21(23)43(40,63)45(25,65)60(41,80)59(79)39(20)37(19)57(77,56(35,76)58(26,59)78)55(36,75)54(32,74)51(31,71)53(34,73)52(33,50)72. The van der Waals surface area contributed by atoms with Crippen LogP contribution in [0.3, 0.4) is 0 Å². The van der Waals surface area contributed by atoms with E-state index in [9.17, 15) is 0 Å². The van der Waals surface area contributed by atoms with Crippen molar-refractivity contribution in [1.29, 1.82) is 0 Å². The summed E-state index contributed by atoms with van der Waals surface area (Å²) in [5, 5.41) is -20.3. The molecule has 380 valence electrons. The molecule has 0 aromatic heterocycles. The van der Waals surface area contributed by atoms with Gasteiger partial charge in [0.2, 0.25) is 113 Å². The van der Waals surface area contributed by atoms with Crippen LogP contribution in [0.15, 0.2) is 5.57 Å². The van der Waals surface area contributed by atoms with Crippen LogP contribution in [0.1, 0.15) is 111 Å². The summed E-state index contributed by atoms with van der Waals surface area (Å²) in [5.41, 5.74) is -156. The average molecular weight is 1100 g/mol. The Bertz CT molecular complexity index is 6210. The van der Waals surface area contributed by atoms with E-state index in [0.717, 1.165) is 0 Å². The van der Waals surface area contributed by atoms with Gasteiger partial charge in [-0.05, 0) is 103 Å². The van der Waals surface area contributed by atoms with Crippen molar-refractivity contribution in [2.45, 2.75) is 113 Å². The fourth-order valence-corrected chi connectivity index (χ4v) is 28.5. The lowest BCUT2D eigenvalue weighted by Gasteiger charge is -2.70. The Kier molecular flexibility index (Phi) is 3.05. The van der Waals surface area contributed by atoms with Crippen LogP contribution < -0.4 is 0 Å². The monoisotopic (exact) mass is 1100 g/mol. The van der Waals surface area contributed by atoms with Gasteiger partial charge in [-0.15, -0.1) is 0 Å². The second-order valence-corrected chi connectivity index (χ2v) is 28.2. The fraction of sp³-hybridized carbons (Fsp3) is 0.333. The van der Waals surface area contributed by atoms with Gasteiger partial charge in [0.1, 0.15) is 0 Å². The first kappa shape index (κ1) is 36.0. The molecule has 0 radical (unpaired) electrons. The van der Waals surface area contributed by atoms with Crippen molar-refractivity contribution >= 4 is 91.8 Å². The highest BCUT2D eigenvalue weighted by Crippen LogP contribution is 3.07. The summed E-state index contributed by atoms with van der Waals surface area (Å²) < 4.78 is 427. The fourth-order valence-electron chi connectivity index (χ4n) is 28.5. The number of hydrogen-bond acceptors (Lipinski definition) is 0. The molecule has 0 N–H and O–H groups in total. The van der Waals surface area contributed by atoms with Gasteiger partial charge in [0.05, 0.1) is 0 Å². The minimum absolute atomic E-state index is 1.01. The molecule has 20 unspecified atom stereocenters. The Hall–Kier alpha value is -6.60. The molecule has 0 saturated heterocycles. The minimum Gasteiger partial charge on any atom is -0.231 e. The van der Waals surface area contributed by atoms with E-state index >= 15 is 87.8 Å². The van der Waals surface area contributed by atoms with Gasteiger partial charge >= 0.3 is 0 Å². The van der Waals surface area contributed by atoms with E-state index in [1.807, 2.05) is 0 Å². The first-order valence-corrected chi connectivity index (χ1v) is 26.3.